The average molecular weight is 325 g/mol. The highest BCUT2D eigenvalue weighted by atomic mass is 35.5. The Balaban J connectivity index is 3.05. The first kappa shape index (κ1) is 16.8. The Kier molecular flexibility index (Phi) is 5.03. The van der Waals surface area contributed by atoms with Crippen molar-refractivity contribution in [1.82, 2.24) is 9.97 Å². The van der Waals surface area contributed by atoms with Gasteiger partial charge in [-0.1, -0.05) is 11.6 Å². The Morgan fingerprint density at radius 3 is 2.15 bits per heavy atom. The Morgan fingerprint density at radius 1 is 1.15 bits per heavy atom. The van der Waals surface area contributed by atoms with Crippen LogP contribution in [0.25, 0.3) is 0 Å². The highest BCUT2D eigenvalue weighted by Gasteiger charge is 2.59. The van der Waals surface area contributed by atoms with Gasteiger partial charge in [0.05, 0.1) is 0 Å². The van der Waals surface area contributed by atoms with Gasteiger partial charge in [0, 0.05) is 13.2 Å². The molecule has 0 unspecified atom stereocenters. The van der Waals surface area contributed by atoms with E-state index in [4.69, 9.17) is 11.6 Å². The second-order valence-corrected chi connectivity index (χ2v) is 3.85. The molecule has 0 aromatic carbocycles. The number of halogens is 7. The second-order valence-electron chi connectivity index (χ2n) is 3.46. The molecular formula is C9H7ClF6N2O2. The highest BCUT2D eigenvalue weighted by Crippen LogP contribution is 2.36. The van der Waals surface area contributed by atoms with Crippen LogP contribution in [-0.2, 0) is 11.3 Å². The van der Waals surface area contributed by atoms with E-state index in [9.17, 15) is 26.3 Å². The predicted molar refractivity (Wildman–Crippen MR) is 54.3 cm³/mol. The van der Waals surface area contributed by atoms with Crippen molar-refractivity contribution in [2.45, 2.75) is 25.1 Å². The number of nitrogens with zero attached hydrogens (tertiary/aromatic N) is 2. The van der Waals surface area contributed by atoms with Gasteiger partial charge in [0.25, 0.3) is 6.10 Å². The Hall–Kier alpha value is -1.29. The van der Waals surface area contributed by atoms with E-state index in [1.807, 2.05) is 0 Å². The first-order valence-electron chi connectivity index (χ1n) is 4.86. The molecule has 1 rings (SSSR count). The van der Waals surface area contributed by atoms with Gasteiger partial charge in [0.2, 0.25) is 5.88 Å². The molecule has 0 bridgehead atoms. The zero-order valence-electron chi connectivity index (χ0n) is 9.72. The van der Waals surface area contributed by atoms with Crippen molar-refractivity contribution >= 4 is 11.6 Å². The molecule has 1 aromatic heterocycles. The fourth-order valence-corrected chi connectivity index (χ4v) is 1.33. The van der Waals surface area contributed by atoms with Gasteiger partial charge in [0.15, 0.2) is 5.82 Å². The van der Waals surface area contributed by atoms with E-state index in [2.05, 4.69) is 19.4 Å². The Bertz CT molecular complexity index is 451. The van der Waals surface area contributed by atoms with Crippen molar-refractivity contribution in [3.8, 4) is 5.88 Å². The molecule has 0 aliphatic rings. The van der Waals surface area contributed by atoms with Gasteiger partial charge in [-0.05, 0) is 0 Å². The van der Waals surface area contributed by atoms with Crippen LogP contribution in [0, 0.1) is 0 Å². The molecule has 0 atom stereocenters. The van der Waals surface area contributed by atoms with Crippen molar-refractivity contribution in [3.05, 3.63) is 17.0 Å². The molecule has 0 amide bonds. The maximum Gasteiger partial charge on any atom is 0.434 e. The molecule has 0 aliphatic carbocycles. The van der Waals surface area contributed by atoms with Crippen molar-refractivity contribution in [1.29, 1.82) is 0 Å². The quantitative estimate of drug-likeness (QED) is 0.630. The Labute approximate surface area is 113 Å². The summed E-state index contributed by atoms with van der Waals surface area (Å²) in [7, 11) is 1.24. The van der Waals surface area contributed by atoms with E-state index in [-0.39, 0.29) is 17.6 Å². The normalized spacial score (nSPS) is 12.8. The van der Waals surface area contributed by atoms with Crippen LogP contribution in [0.5, 0.6) is 5.88 Å². The van der Waals surface area contributed by atoms with E-state index < -0.39 is 24.3 Å². The van der Waals surface area contributed by atoms with Crippen LogP contribution >= 0.6 is 11.6 Å². The minimum atomic E-state index is -5.64. The molecule has 0 saturated heterocycles. The average Bonchev–Trinajstić information content (AvgIpc) is 2.22. The number of ether oxygens (including phenoxy) is 2. The third kappa shape index (κ3) is 4.67. The van der Waals surface area contributed by atoms with Crippen LogP contribution in [0.15, 0.2) is 6.07 Å². The Morgan fingerprint density at radius 2 is 1.70 bits per heavy atom. The summed E-state index contributed by atoms with van der Waals surface area (Å²) in [6, 6.07) is 0.644. The fraction of sp³-hybridized carbons (Fsp3) is 0.556. The molecule has 0 N–H and O–H groups in total. The molecule has 0 fully saturated rings. The summed E-state index contributed by atoms with van der Waals surface area (Å²) >= 11 is 5.45. The fourth-order valence-electron chi connectivity index (χ4n) is 1.14. The van der Waals surface area contributed by atoms with Crippen molar-refractivity contribution < 1.29 is 35.8 Å². The van der Waals surface area contributed by atoms with E-state index >= 15 is 0 Å². The number of hydrogen-bond donors (Lipinski definition) is 0. The first-order valence-corrected chi connectivity index (χ1v) is 5.24. The minimum Gasteiger partial charge on any atom is -0.455 e. The highest BCUT2D eigenvalue weighted by molar-refractivity contribution is 6.29. The lowest BCUT2D eigenvalue weighted by Gasteiger charge is -2.23. The van der Waals surface area contributed by atoms with Gasteiger partial charge in [-0.15, -0.1) is 0 Å². The lowest BCUT2D eigenvalue weighted by atomic mass is 10.3. The SMILES string of the molecule is COCc1nc(Cl)cc(OC(C(F)(F)F)C(F)(F)F)n1. The molecule has 1 heterocycles. The van der Waals surface area contributed by atoms with Gasteiger partial charge in [0.1, 0.15) is 11.8 Å². The lowest BCUT2D eigenvalue weighted by molar-refractivity contribution is -0.300. The first-order chi connectivity index (χ1) is 9.04. The zero-order chi connectivity index (χ0) is 15.6. The van der Waals surface area contributed by atoms with Gasteiger partial charge in [-0.2, -0.15) is 31.3 Å². The molecule has 1 aromatic rings. The molecule has 0 saturated carbocycles. The zero-order valence-corrected chi connectivity index (χ0v) is 10.5. The lowest BCUT2D eigenvalue weighted by Crippen LogP contribution is -2.46. The molecule has 11 heteroatoms. The van der Waals surface area contributed by atoms with Gasteiger partial charge in [-0.3, -0.25) is 0 Å². The van der Waals surface area contributed by atoms with Gasteiger partial charge < -0.3 is 9.47 Å². The summed E-state index contributed by atoms with van der Waals surface area (Å²) in [6.07, 6.45) is -15.3. The minimum absolute atomic E-state index is 0.210. The van der Waals surface area contributed by atoms with Gasteiger partial charge >= 0.3 is 12.4 Å². The molecule has 20 heavy (non-hydrogen) atoms. The van der Waals surface area contributed by atoms with E-state index in [0.717, 1.165) is 0 Å². The summed E-state index contributed by atoms with van der Waals surface area (Å²) in [6.45, 7) is -0.250. The maximum atomic E-state index is 12.3. The predicted octanol–water partition coefficient (Wildman–Crippen LogP) is 3.15. The molecule has 0 spiro atoms. The number of methoxy groups -OCH3 is 1. The monoisotopic (exact) mass is 324 g/mol. The number of rotatable bonds is 4. The summed E-state index contributed by atoms with van der Waals surface area (Å²) in [5, 5.41) is -0.370. The van der Waals surface area contributed by atoms with E-state index in [0.29, 0.717) is 6.07 Å². The van der Waals surface area contributed by atoms with Crippen molar-refractivity contribution in [2.24, 2.45) is 0 Å². The molecule has 0 aliphatic heterocycles. The molecular weight excluding hydrogens is 318 g/mol. The summed E-state index contributed by atoms with van der Waals surface area (Å²) in [5.41, 5.74) is 0. The molecule has 4 nitrogen and oxygen atoms in total. The van der Waals surface area contributed by atoms with E-state index in [1.165, 1.54) is 7.11 Å². The largest absolute Gasteiger partial charge is 0.455 e. The smallest absolute Gasteiger partial charge is 0.434 e. The van der Waals surface area contributed by atoms with Crippen LogP contribution in [0.3, 0.4) is 0 Å². The van der Waals surface area contributed by atoms with Crippen LogP contribution < -0.4 is 4.74 Å². The standard InChI is InChI=1S/C9H7ClF6N2O2/c1-19-3-5-17-4(10)2-6(18-5)20-7(8(11,12)13)9(14,15)16/h2,7H,3H2,1H3. The number of hydrogen-bond acceptors (Lipinski definition) is 4. The summed E-state index contributed by atoms with van der Waals surface area (Å²) in [5.74, 6) is -1.16. The topological polar surface area (TPSA) is 44.2 Å². The van der Waals surface area contributed by atoms with Crippen molar-refractivity contribution in [2.75, 3.05) is 7.11 Å². The van der Waals surface area contributed by atoms with Crippen LogP contribution in [0.2, 0.25) is 5.15 Å². The van der Waals surface area contributed by atoms with Crippen LogP contribution in [0.4, 0.5) is 26.3 Å². The third-order valence-electron chi connectivity index (χ3n) is 1.82. The van der Waals surface area contributed by atoms with Crippen LogP contribution in [-0.4, -0.2) is 35.5 Å². The van der Waals surface area contributed by atoms with Crippen molar-refractivity contribution in [3.63, 3.8) is 0 Å². The van der Waals surface area contributed by atoms with E-state index in [1.54, 1.807) is 0 Å². The number of aromatic nitrogens is 2. The number of alkyl halides is 6. The second kappa shape index (κ2) is 6.00. The maximum absolute atomic E-state index is 12.3. The third-order valence-corrected chi connectivity index (χ3v) is 2.02. The van der Waals surface area contributed by atoms with Crippen LogP contribution in [0.1, 0.15) is 5.82 Å². The summed E-state index contributed by atoms with van der Waals surface area (Å²) < 4.78 is 82.3. The molecule has 0 radical (unpaired) electrons. The summed E-state index contributed by atoms with van der Waals surface area (Å²) in [4.78, 5) is 6.89. The molecule has 114 valence electrons. The van der Waals surface area contributed by atoms with Gasteiger partial charge in [-0.25, -0.2) is 4.98 Å².